The smallest absolute Gasteiger partial charge is 0.180 e. The van der Waals surface area contributed by atoms with Crippen molar-refractivity contribution in [3.63, 3.8) is 0 Å². The van der Waals surface area contributed by atoms with Crippen LogP contribution in [0.2, 0.25) is 0 Å². The molecule has 0 unspecified atom stereocenters. The Kier molecular flexibility index (Phi) is 5.31. The molecule has 144 valence electrons. The Hall–Kier alpha value is -3.58. The second-order valence-corrected chi connectivity index (χ2v) is 6.88. The van der Waals surface area contributed by atoms with Crippen LogP contribution in [0.15, 0.2) is 66.9 Å². The summed E-state index contributed by atoms with van der Waals surface area (Å²) in [6.07, 6.45) is 1.74. The number of ether oxygens (including phenoxy) is 1. The second kappa shape index (κ2) is 8.20. The molecule has 29 heavy (non-hydrogen) atoms. The van der Waals surface area contributed by atoms with E-state index in [0.717, 1.165) is 22.7 Å². The summed E-state index contributed by atoms with van der Waals surface area (Å²) in [5, 5.41) is 6.70. The van der Waals surface area contributed by atoms with Gasteiger partial charge in [0.1, 0.15) is 17.1 Å². The topological polar surface area (TPSA) is 72.0 Å². The minimum Gasteiger partial charge on any atom is -0.497 e. The predicted octanol–water partition coefficient (Wildman–Crippen LogP) is 4.82. The molecule has 2 aromatic carbocycles. The Morgan fingerprint density at radius 3 is 2.38 bits per heavy atom. The number of hydrogen-bond acceptors (Lipinski definition) is 5. The van der Waals surface area contributed by atoms with Gasteiger partial charge in [0.2, 0.25) is 0 Å². The van der Waals surface area contributed by atoms with Gasteiger partial charge in [0.15, 0.2) is 10.8 Å². The molecule has 4 aromatic rings. The molecule has 0 atom stereocenters. The lowest BCUT2D eigenvalue weighted by molar-refractivity contribution is 0.415. The number of aromatic nitrogens is 3. The van der Waals surface area contributed by atoms with E-state index < -0.39 is 0 Å². The zero-order valence-corrected chi connectivity index (χ0v) is 16.8. The van der Waals surface area contributed by atoms with Crippen molar-refractivity contribution < 1.29 is 4.74 Å². The molecule has 0 aliphatic rings. The van der Waals surface area contributed by atoms with Crippen molar-refractivity contribution in [1.29, 1.82) is 0 Å². The van der Waals surface area contributed by atoms with Crippen LogP contribution in [0, 0.1) is 6.92 Å². The molecule has 0 aliphatic carbocycles. The summed E-state index contributed by atoms with van der Waals surface area (Å²) in [5.41, 5.74) is 5.04. The molecule has 0 spiro atoms. The molecule has 0 radical (unpaired) electrons. The molecule has 0 fully saturated rings. The van der Waals surface area contributed by atoms with Gasteiger partial charge in [-0.15, -0.1) is 0 Å². The quantitative estimate of drug-likeness (QED) is 0.475. The number of hydrogen-bond donors (Lipinski definition) is 2. The summed E-state index contributed by atoms with van der Waals surface area (Å²) in [4.78, 5) is 13.7. The molecule has 0 bridgehead atoms. The van der Waals surface area contributed by atoms with Crippen LogP contribution in [-0.2, 0) is 0 Å². The van der Waals surface area contributed by atoms with Crippen molar-refractivity contribution in [3.8, 4) is 17.0 Å². The van der Waals surface area contributed by atoms with Crippen LogP contribution in [0.1, 0.15) is 5.56 Å². The van der Waals surface area contributed by atoms with Gasteiger partial charge in [0.05, 0.1) is 19.0 Å². The zero-order valence-electron chi connectivity index (χ0n) is 16.0. The lowest BCUT2D eigenvalue weighted by Gasteiger charge is -2.10. The lowest BCUT2D eigenvalue weighted by atomic mass is 10.1. The van der Waals surface area contributed by atoms with Crippen molar-refractivity contribution in [1.82, 2.24) is 15.0 Å². The van der Waals surface area contributed by atoms with Gasteiger partial charge >= 0.3 is 0 Å². The molecule has 2 heterocycles. The minimum atomic E-state index is 0.458. The first-order valence-corrected chi connectivity index (χ1v) is 9.44. The molecule has 0 saturated carbocycles. The van der Waals surface area contributed by atoms with Crippen molar-refractivity contribution in [2.45, 2.75) is 6.92 Å². The average molecular weight is 401 g/mol. The molecule has 2 N–H and O–H groups in total. The van der Waals surface area contributed by atoms with Gasteiger partial charge in [-0.1, -0.05) is 17.7 Å². The summed E-state index contributed by atoms with van der Waals surface area (Å²) in [6, 6.07) is 19.4. The molecule has 7 heteroatoms. The Morgan fingerprint density at radius 2 is 1.66 bits per heavy atom. The van der Waals surface area contributed by atoms with Crippen LogP contribution in [0.25, 0.3) is 22.4 Å². The number of fused-ring (bicyclic) bond motifs is 1. The number of anilines is 2. The third-order valence-electron chi connectivity index (χ3n) is 4.34. The number of thiocarbonyl (C=S) groups is 1. The number of benzene rings is 2. The summed E-state index contributed by atoms with van der Waals surface area (Å²) in [7, 11) is 1.64. The first kappa shape index (κ1) is 18.8. The molecule has 0 saturated heterocycles. The maximum Gasteiger partial charge on any atom is 0.180 e. The summed E-state index contributed by atoms with van der Waals surface area (Å²) < 4.78 is 5.20. The van der Waals surface area contributed by atoms with Crippen LogP contribution in [0.5, 0.6) is 5.75 Å². The Morgan fingerprint density at radius 1 is 0.897 bits per heavy atom. The van der Waals surface area contributed by atoms with Gasteiger partial charge in [-0.3, -0.25) is 4.98 Å². The Labute approximate surface area is 174 Å². The van der Waals surface area contributed by atoms with Gasteiger partial charge in [-0.25, -0.2) is 9.97 Å². The van der Waals surface area contributed by atoms with E-state index >= 15 is 0 Å². The predicted molar refractivity (Wildman–Crippen MR) is 120 cm³/mol. The van der Waals surface area contributed by atoms with E-state index in [2.05, 4.69) is 25.6 Å². The van der Waals surface area contributed by atoms with E-state index in [1.807, 2.05) is 67.6 Å². The fraction of sp³-hybridized carbons (Fsp3) is 0.0909. The maximum absolute atomic E-state index is 5.39. The van der Waals surface area contributed by atoms with Gasteiger partial charge in [0.25, 0.3) is 0 Å². The molecular weight excluding hydrogens is 382 g/mol. The number of methoxy groups -OCH3 is 1. The number of rotatable bonds is 4. The van der Waals surface area contributed by atoms with Gasteiger partial charge in [0, 0.05) is 11.3 Å². The number of nitrogens with one attached hydrogen (secondary N) is 2. The highest BCUT2D eigenvalue weighted by Gasteiger charge is 2.07. The fourth-order valence-corrected chi connectivity index (χ4v) is 3.01. The second-order valence-electron chi connectivity index (χ2n) is 6.47. The van der Waals surface area contributed by atoms with E-state index in [9.17, 15) is 0 Å². The highest BCUT2D eigenvalue weighted by atomic mass is 32.1. The van der Waals surface area contributed by atoms with E-state index in [1.54, 1.807) is 13.3 Å². The largest absolute Gasteiger partial charge is 0.497 e. The summed E-state index contributed by atoms with van der Waals surface area (Å²) in [6.45, 7) is 2.04. The van der Waals surface area contributed by atoms with Crippen LogP contribution in [-0.4, -0.2) is 27.2 Å². The van der Waals surface area contributed by atoms with Gasteiger partial charge < -0.3 is 15.4 Å². The number of nitrogens with zero attached hydrogens (tertiary/aromatic N) is 3. The van der Waals surface area contributed by atoms with Crippen molar-refractivity contribution >= 4 is 40.0 Å². The number of aryl methyl sites for hydroxylation is 1. The normalized spacial score (nSPS) is 10.6. The molecule has 0 aliphatic heterocycles. The SMILES string of the molecule is COc1ccc(-c2cnc3ccc(NC(=S)Nc4ccc(C)cc4)nc3n2)cc1. The third kappa shape index (κ3) is 4.47. The van der Waals surface area contributed by atoms with E-state index in [1.165, 1.54) is 5.56 Å². The van der Waals surface area contributed by atoms with Crippen molar-refractivity contribution in [3.05, 3.63) is 72.4 Å². The van der Waals surface area contributed by atoms with E-state index in [0.29, 0.717) is 22.1 Å². The minimum absolute atomic E-state index is 0.458. The Bertz CT molecular complexity index is 1160. The highest BCUT2D eigenvalue weighted by Crippen LogP contribution is 2.22. The van der Waals surface area contributed by atoms with Crippen LogP contribution < -0.4 is 15.4 Å². The first-order chi connectivity index (χ1) is 14.1. The molecule has 6 nitrogen and oxygen atoms in total. The molecular formula is C22H19N5OS. The van der Waals surface area contributed by atoms with Gasteiger partial charge in [-0.05, 0) is 67.7 Å². The monoisotopic (exact) mass is 401 g/mol. The fourth-order valence-electron chi connectivity index (χ4n) is 2.78. The maximum atomic E-state index is 5.39. The lowest BCUT2D eigenvalue weighted by Crippen LogP contribution is -2.19. The van der Waals surface area contributed by atoms with Crippen LogP contribution in [0.3, 0.4) is 0 Å². The molecule has 2 aromatic heterocycles. The van der Waals surface area contributed by atoms with Crippen LogP contribution in [0.4, 0.5) is 11.5 Å². The third-order valence-corrected chi connectivity index (χ3v) is 4.55. The Balaban J connectivity index is 1.54. The highest BCUT2D eigenvalue weighted by molar-refractivity contribution is 7.80. The molecule has 4 rings (SSSR count). The summed E-state index contributed by atoms with van der Waals surface area (Å²) >= 11 is 5.39. The summed E-state index contributed by atoms with van der Waals surface area (Å²) in [5.74, 6) is 1.39. The molecule has 0 amide bonds. The zero-order chi connectivity index (χ0) is 20.2. The number of pyridine rings is 1. The van der Waals surface area contributed by atoms with E-state index in [4.69, 9.17) is 17.0 Å². The van der Waals surface area contributed by atoms with Gasteiger partial charge in [-0.2, -0.15) is 0 Å². The standard InChI is InChI=1S/C22H19N5OS/c1-14-3-7-16(8-4-14)24-22(29)27-20-12-11-18-21(26-20)25-19(13-23-18)15-5-9-17(28-2)10-6-15/h3-13H,1-2H3,(H2,24,25,26,27,29). The van der Waals surface area contributed by atoms with E-state index in [-0.39, 0.29) is 0 Å². The van der Waals surface area contributed by atoms with Crippen molar-refractivity contribution in [2.75, 3.05) is 17.7 Å². The van der Waals surface area contributed by atoms with Crippen molar-refractivity contribution in [2.24, 2.45) is 0 Å². The average Bonchev–Trinajstić information content (AvgIpc) is 2.75. The van der Waals surface area contributed by atoms with Crippen LogP contribution >= 0.6 is 12.2 Å². The first-order valence-electron chi connectivity index (χ1n) is 9.03.